The lowest BCUT2D eigenvalue weighted by atomic mass is 9.43. The van der Waals surface area contributed by atoms with Crippen LogP contribution in [0, 0.1) is 23.7 Å². The maximum Gasteiger partial charge on any atom is 0.160 e. The summed E-state index contributed by atoms with van der Waals surface area (Å²) in [5.74, 6) is 3.86. The first-order valence-corrected chi connectivity index (χ1v) is 25.5. The van der Waals surface area contributed by atoms with Crippen molar-refractivity contribution in [2.45, 2.75) is 37.5 Å². The molecule has 1 heterocycles. The van der Waals surface area contributed by atoms with E-state index in [0.29, 0.717) is 17.7 Å². The van der Waals surface area contributed by atoms with Gasteiger partial charge in [-0.2, -0.15) is 0 Å². The van der Waals surface area contributed by atoms with Gasteiger partial charge in [0.05, 0.1) is 11.4 Å². The Morgan fingerprint density at radius 3 is 1.44 bits per heavy atom. The maximum absolute atomic E-state index is 5.42. The number of rotatable bonds is 6. The minimum atomic E-state index is 0.0571. The van der Waals surface area contributed by atoms with Gasteiger partial charge in [0, 0.05) is 22.1 Å². The average Bonchev–Trinajstić information content (AvgIpc) is 3.71. The highest BCUT2D eigenvalue weighted by Gasteiger charge is 2.62. The molecule has 1 aromatic heterocycles. The molecule has 0 unspecified atom stereocenters. The van der Waals surface area contributed by atoms with Gasteiger partial charge in [-0.3, -0.25) is 0 Å². The summed E-state index contributed by atoms with van der Waals surface area (Å²) >= 11 is 0. The summed E-state index contributed by atoms with van der Waals surface area (Å²) in [6.07, 6.45) is 6.91. The molecule has 70 heavy (non-hydrogen) atoms. The minimum Gasteiger partial charge on any atom is -0.228 e. The molecule has 4 bridgehead atoms. The molecule has 0 radical (unpaired) electrons. The van der Waals surface area contributed by atoms with Crippen LogP contribution in [0.4, 0.5) is 0 Å². The zero-order valence-corrected chi connectivity index (χ0v) is 39.0. The molecule has 1 spiro atoms. The van der Waals surface area contributed by atoms with Crippen LogP contribution in [0.5, 0.6) is 0 Å². The quantitative estimate of drug-likeness (QED) is 0.155. The minimum absolute atomic E-state index is 0.0571. The molecule has 5 aliphatic carbocycles. The predicted octanol–water partition coefficient (Wildman–Crippen LogP) is 17.7. The van der Waals surface area contributed by atoms with E-state index in [4.69, 9.17) is 9.97 Å². The van der Waals surface area contributed by atoms with Gasteiger partial charge in [0.25, 0.3) is 0 Å². The zero-order chi connectivity index (χ0) is 45.9. The second-order valence-electron chi connectivity index (χ2n) is 20.8. The van der Waals surface area contributed by atoms with Gasteiger partial charge in [-0.25, -0.2) is 9.97 Å². The molecular weight excluding hydrogens is 845 g/mol. The lowest BCUT2D eigenvalue weighted by Gasteiger charge is -2.61. The van der Waals surface area contributed by atoms with E-state index < -0.39 is 0 Å². The fourth-order valence-corrected chi connectivity index (χ4v) is 14.7. The molecule has 2 heteroatoms. The predicted molar refractivity (Wildman–Crippen MR) is 290 cm³/mol. The van der Waals surface area contributed by atoms with E-state index in [9.17, 15) is 0 Å². The Hall–Kier alpha value is -7.94. The second kappa shape index (κ2) is 15.5. The molecule has 0 atom stereocenters. The van der Waals surface area contributed by atoms with Gasteiger partial charge in [-0.05, 0) is 162 Å². The number of nitrogens with zero attached hydrogens (tertiary/aromatic N) is 2. The normalized spacial score (nSPS) is 20.6. The number of benzene rings is 10. The van der Waals surface area contributed by atoms with E-state index in [1.54, 1.807) is 11.1 Å². The molecule has 0 amide bonds. The SMILES string of the molecule is c1ccc(-c2ccc(-c3cc(-c4ccccc4-c4c5ccccc5c(-c5cccc6c5-c5cc7ccccc7cc5C65C6CC7CC(C6)CC5C7)c5ccccc45)nc(-c4ccccc4)n3)cc2)cc1. The van der Waals surface area contributed by atoms with Gasteiger partial charge >= 0.3 is 0 Å². The highest BCUT2D eigenvalue weighted by molar-refractivity contribution is 6.24. The van der Waals surface area contributed by atoms with E-state index in [-0.39, 0.29) is 5.41 Å². The standard InChI is InChI=1S/C68H50N2/c1-3-16-44(17-4-1)45-30-32-46(33-31-45)62-41-63(70-67(69-62)47-18-5-2-6-19-47)52-22-9-10-23-53(52)64-54-24-11-13-26-56(54)65(57-27-14-12-25-55(57)64)58-28-15-29-60-66(58)59-39-48-20-7-8-21-49(48)40-61(59)68(60)50-35-42-34-43(37-50)38-51(68)36-42/h1-33,39-43,50-51H,34-38H2. The van der Waals surface area contributed by atoms with E-state index >= 15 is 0 Å². The van der Waals surface area contributed by atoms with E-state index in [0.717, 1.165) is 45.5 Å². The van der Waals surface area contributed by atoms with E-state index in [1.807, 2.05) is 0 Å². The highest BCUT2D eigenvalue weighted by Crippen LogP contribution is 2.70. The first-order chi connectivity index (χ1) is 34.7. The van der Waals surface area contributed by atoms with E-state index in [1.165, 1.54) is 103 Å². The van der Waals surface area contributed by atoms with Crippen LogP contribution in [0.1, 0.15) is 43.2 Å². The fraction of sp³-hybridized carbons (Fsp3) is 0.147. The lowest BCUT2D eigenvalue weighted by molar-refractivity contribution is -0.0398. The van der Waals surface area contributed by atoms with Crippen LogP contribution in [-0.2, 0) is 5.41 Å². The van der Waals surface area contributed by atoms with Crippen LogP contribution in [0.15, 0.2) is 218 Å². The molecule has 2 nitrogen and oxygen atoms in total. The van der Waals surface area contributed by atoms with Gasteiger partial charge in [0.2, 0.25) is 0 Å². The molecule has 4 saturated carbocycles. The number of fused-ring (bicyclic) bond motifs is 6. The van der Waals surface area contributed by atoms with Crippen LogP contribution >= 0.6 is 0 Å². The van der Waals surface area contributed by atoms with Crippen molar-refractivity contribution in [1.29, 1.82) is 0 Å². The molecule has 4 fully saturated rings. The lowest BCUT2D eigenvalue weighted by Crippen LogP contribution is -2.55. The molecule has 16 rings (SSSR count). The Morgan fingerprint density at radius 2 is 0.800 bits per heavy atom. The van der Waals surface area contributed by atoms with Crippen molar-refractivity contribution in [3.63, 3.8) is 0 Å². The van der Waals surface area contributed by atoms with Crippen LogP contribution in [-0.4, -0.2) is 9.97 Å². The molecule has 332 valence electrons. The largest absolute Gasteiger partial charge is 0.228 e. The maximum atomic E-state index is 5.42. The number of hydrogen-bond donors (Lipinski definition) is 0. The van der Waals surface area contributed by atoms with Crippen LogP contribution in [0.3, 0.4) is 0 Å². The van der Waals surface area contributed by atoms with Gasteiger partial charge < -0.3 is 0 Å². The first-order valence-electron chi connectivity index (χ1n) is 25.5. The van der Waals surface area contributed by atoms with Gasteiger partial charge in [0.1, 0.15) is 0 Å². The molecular formula is C68H50N2. The Balaban J connectivity index is 0.953. The number of hydrogen-bond acceptors (Lipinski definition) is 2. The third-order valence-electron chi connectivity index (χ3n) is 17.3. The van der Waals surface area contributed by atoms with Crippen LogP contribution in [0.25, 0.3) is 111 Å². The summed E-state index contributed by atoms with van der Waals surface area (Å²) in [5, 5.41) is 7.75. The van der Waals surface area contributed by atoms with Crippen molar-refractivity contribution in [3.8, 4) is 78.4 Å². The summed E-state index contributed by atoms with van der Waals surface area (Å²) < 4.78 is 0. The third-order valence-corrected chi connectivity index (χ3v) is 17.3. The molecule has 5 aliphatic rings. The summed E-state index contributed by atoms with van der Waals surface area (Å²) in [7, 11) is 0. The molecule has 0 N–H and O–H groups in total. The van der Waals surface area contributed by atoms with Crippen molar-refractivity contribution < 1.29 is 0 Å². The topological polar surface area (TPSA) is 25.8 Å². The zero-order valence-electron chi connectivity index (χ0n) is 39.0. The van der Waals surface area contributed by atoms with Crippen molar-refractivity contribution in [2.75, 3.05) is 0 Å². The van der Waals surface area contributed by atoms with Crippen molar-refractivity contribution >= 4 is 32.3 Å². The van der Waals surface area contributed by atoms with Crippen molar-refractivity contribution in [3.05, 3.63) is 230 Å². The van der Waals surface area contributed by atoms with Gasteiger partial charge in [0.15, 0.2) is 5.82 Å². The van der Waals surface area contributed by atoms with Crippen LogP contribution < -0.4 is 0 Å². The first kappa shape index (κ1) is 40.0. The molecule has 10 aromatic carbocycles. The molecule has 0 saturated heterocycles. The Morgan fingerprint density at radius 1 is 0.314 bits per heavy atom. The summed E-state index contributed by atoms with van der Waals surface area (Å²) in [6, 6.07) is 81.0. The fourth-order valence-electron chi connectivity index (χ4n) is 14.7. The third kappa shape index (κ3) is 5.92. The number of aromatic nitrogens is 2. The average molecular weight is 895 g/mol. The van der Waals surface area contributed by atoms with Crippen molar-refractivity contribution in [2.24, 2.45) is 23.7 Å². The van der Waals surface area contributed by atoms with E-state index in [2.05, 4.69) is 218 Å². The summed E-state index contributed by atoms with van der Waals surface area (Å²) in [5.41, 5.74) is 18.6. The summed E-state index contributed by atoms with van der Waals surface area (Å²) in [6.45, 7) is 0. The van der Waals surface area contributed by atoms with Crippen LogP contribution in [0.2, 0.25) is 0 Å². The molecule has 0 aliphatic heterocycles. The Labute approximate surface area is 409 Å². The smallest absolute Gasteiger partial charge is 0.160 e. The Kier molecular flexibility index (Phi) is 8.88. The van der Waals surface area contributed by atoms with Crippen molar-refractivity contribution in [1.82, 2.24) is 9.97 Å². The second-order valence-corrected chi connectivity index (χ2v) is 20.8. The Bertz CT molecular complexity index is 3800. The summed E-state index contributed by atoms with van der Waals surface area (Å²) in [4.78, 5) is 10.7. The monoisotopic (exact) mass is 894 g/mol. The van der Waals surface area contributed by atoms with Gasteiger partial charge in [-0.1, -0.05) is 200 Å². The van der Waals surface area contributed by atoms with Gasteiger partial charge in [-0.15, -0.1) is 0 Å². The highest BCUT2D eigenvalue weighted by atomic mass is 14.9. The molecule has 11 aromatic rings.